The zero-order chi connectivity index (χ0) is 26.9. The van der Waals surface area contributed by atoms with Crippen molar-refractivity contribution >= 4 is 22.4 Å². The van der Waals surface area contributed by atoms with Gasteiger partial charge in [-0.05, 0) is 30.3 Å². The van der Waals surface area contributed by atoms with Gasteiger partial charge in [0.15, 0.2) is 17.3 Å². The highest BCUT2D eigenvalue weighted by Gasteiger charge is 2.19. The second-order valence-corrected chi connectivity index (χ2v) is 9.55. The van der Waals surface area contributed by atoms with Crippen molar-refractivity contribution in [1.29, 1.82) is 0 Å². The fourth-order valence-electron chi connectivity index (χ4n) is 4.33. The van der Waals surface area contributed by atoms with E-state index in [0.717, 1.165) is 22.5 Å². The molecule has 194 valence electrons. The van der Waals surface area contributed by atoms with Crippen LogP contribution in [0.4, 0.5) is 0 Å². The molecule has 9 nitrogen and oxygen atoms in total. The lowest BCUT2D eigenvalue weighted by Gasteiger charge is -2.12. The number of rotatable bonds is 7. The Morgan fingerprint density at radius 1 is 0.821 bits per heavy atom. The minimum atomic E-state index is -0.257. The van der Waals surface area contributed by atoms with Crippen LogP contribution in [0.2, 0.25) is 0 Å². The molecule has 0 atom stereocenters. The van der Waals surface area contributed by atoms with Crippen molar-refractivity contribution in [2.75, 3.05) is 21.3 Å². The van der Waals surface area contributed by atoms with Gasteiger partial charge in [0.1, 0.15) is 0 Å². The smallest absolute Gasteiger partial charge is 0.291 e. The maximum Gasteiger partial charge on any atom is 0.291 e. The van der Waals surface area contributed by atoms with Crippen LogP contribution >= 0.6 is 11.3 Å². The van der Waals surface area contributed by atoms with Gasteiger partial charge in [0.25, 0.3) is 5.56 Å². The molecule has 39 heavy (non-hydrogen) atoms. The summed E-state index contributed by atoms with van der Waals surface area (Å²) in [5.74, 6) is 1.80. The van der Waals surface area contributed by atoms with E-state index in [1.807, 2.05) is 77.6 Å². The highest BCUT2D eigenvalue weighted by atomic mass is 32.1. The van der Waals surface area contributed by atoms with Crippen molar-refractivity contribution < 1.29 is 14.2 Å². The van der Waals surface area contributed by atoms with Gasteiger partial charge in [-0.3, -0.25) is 4.79 Å². The van der Waals surface area contributed by atoms with Crippen molar-refractivity contribution in [2.45, 2.75) is 0 Å². The van der Waals surface area contributed by atoms with Crippen molar-refractivity contribution in [3.05, 3.63) is 99.4 Å². The third-order valence-corrected chi connectivity index (χ3v) is 7.16. The van der Waals surface area contributed by atoms with Gasteiger partial charge < -0.3 is 14.2 Å². The number of nitrogens with zero attached hydrogens (tertiary/aromatic N) is 5. The lowest BCUT2D eigenvalue weighted by atomic mass is 10.1. The molecule has 6 aromatic rings. The topological polar surface area (TPSA) is 92.8 Å². The van der Waals surface area contributed by atoms with Crippen LogP contribution in [-0.4, -0.2) is 45.7 Å². The minimum Gasteiger partial charge on any atom is -0.493 e. The summed E-state index contributed by atoms with van der Waals surface area (Å²) >= 11 is 1.27. The molecule has 6 rings (SSSR count). The van der Waals surface area contributed by atoms with E-state index in [4.69, 9.17) is 19.3 Å². The quantitative estimate of drug-likeness (QED) is 0.301. The lowest BCUT2D eigenvalue weighted by molar-refractivity contribution is 0.324. The maximum absolute atomic E-state index is 13.4. The van der Waals surface area contributed by atoms with E-state index in [9.17, 15) is 4.79 Å². The third-order valence-electron chi connectivity index (χ3n) is 6.20. The zero-order valence-electron chi connectivity index (χ0n) is 21.4. The number of hydrogen-bond donors (Lipinski definition) is 0. The number of fused-ring (bicyclic) bond motifs is 1. The Hall–Kier alpha value is -4.96. The number of para-hydroxylation sites is 1. The van der Waals surface area contributed by atoms with Crippen LogP contribution in [0.5, 0.6) is 17.2 Å². The number of methoxy groups -OCH3 is 3. The Kier molecular flexibility index (Phi) is 6.29. The molecule has 0 fully saturated rings. The van der Waals surface area contributed by atoms with Crippen LogP contribution in [0.1, 0.15) is 5.56 Å². The fraction of sp³-hybridized carbons (Fsp3) is 0.103. The van der Waals surface area contributed by atoms with Crippen molar-refractivity contribution in [2.24, 2.45) is 0 Å². The Labute approximate surface area is 227 Å². The molecule has 0 amide bonds. The van der Waals surface area contributed by atoms with E-state index in [1.165, 1.54) is 15.9 Å². The summed E-state index contributed by atoms with van der Waals surface area (Å²) in [5, 5.41) is 9.33. The van der Waals surface area contributed by atoms with E-state index in [0.29, 0.717) is 38.1 Å². The molecule has 10 heteroatoms. The van der Waals surface area contributed by atoms with Crippen LogP contribution in [0.3, 0.4) is 0 Å². The van der Waals surface area contributed by atoms with E-state index in [-0.39, 0.29) is 5.56 Å². The first-order valence-corrected chi connectivity index (χ1v) is 12.8. The highest BCUT2D eigenvalue weighted by Crippen LogP contribution is 2.40. The van der Waals surface area contributed by atoms with Gasteiger partial charge in [0, 0.05) is 22.9 Å². The summed E-state index contributed by atoms with van der Waals surface area (Å²) in [7, 11) is 4.63. The van der Waals surface area contributed by atoms with Gasteiger partial charge in [-0.25, -0.2) is 4.68 Å². The number of benzene rings is 3. The van der Waals surface area contributed by atoms with Crippen molar-refractivity contribution in [1.82, 2.24) is 24.4 Å². The SMILES string of the molecule is COc1cc(-c2nc3s/c(=C\c4cn(-c5ccccc5)nc4-c4ccccc4)c(=O)n3n2)cc(OC)c1OC. The van der Waals surface area contributed by atoms with Crippen LogP contribution < -0.4 is 24.3 Å². The first-order valence-electron chi connectivity index (χ1n) is 12.0. The molecule has 3 aromatic heterocycles. The monoisotopic (exact) mass is 537 g/mol. The highest BCUT2D eigenvalue weighted by molar-refractivity contribution is 7.15. The van der Waals surface area contributed by atoms with Gasteiger partial charge in [-0.2, -0.15) is 14.6 Å². The van der Waals surface area contributed by atoms with Gasteiger partial charge in [0.05, 0.1) is 37.2 Å². The number of aromatic nitrogens is 5. The summed E-state index contributed by atoms with van der Waals surface area (Å²) < 4.78 is 19.9. The van der Waals surface area contributed by atoms with Gasteiger partial charge in [-0.1, -0.05) is 59.9 Å². The molecule has 0 radical (unpaired) electrons. The average molecular weight is 538 g/mol. The Balaban J connectivity index is 1.46. The molecule has 0 N–H and O–H groups in total. The van der Waals surface area contributed by atoms with Crippen LogP contribution in [0.15, 0.2) is 83.8 Å². The predicted octanol–water partition coefficient (Wildman–Crippen LogP) is 4.24. The Bertz CT molecular complexity index is 1870. The number of hydrogen-bond acceptors (Lipinski definition) is 8. The fourth-order valence-corrected chi connectivity index (χ4v) is 5.23. The zero-order valence-corrected chi connectivity index (χ0v) is 22.2. The Morgan fingerprint density at radius 3 is 2.10 bits per heavy atom. The normalized spacial score (nSPS) is 11.7. The maximum atomic E-state index is 13.4. The standard InChI is InChI=1S/C29H23N5O4S/c1-36-22-14-19(15-23(37-2)26(22)38-3)27-30-29-34(32-27)28(35)24(39-29)16-20-17-33(21-12-8-5-9-13-21)31-25(20)18-10-6-4-7-11-18/h4-17H,1-3H3/b24-16-. The Morgan fingerprint density at radius 2 is 1.49 bits per heavy atom. The summed E-state index contributed by atoms with van der Waals surface area (Å²) in [6.07, 6.45) is 3.77. The molecule has 0 unspecified atom stereocenters. The molecule has 0 bridgehead atoms. The molecule has 0 saturated heterocycles. The number of thiazole rings is 1. The first-order chi connectivity index (χ1) is 19.1. The predicted molar refractivity (Wildman–Crippen MR) is 150 cm³/mol. The van der Waals surface area contributed by atoms with E-state index < -0.39 is 0 Å². The number of ether oxygens (including phenoxy) is 3. The van der Waals surface area contributed by atoms with Crippen LogP contribution in [0, 0.1) is 0 Å². The molecule has 3 aromatic carbocycles. The third kappa shape index (κ3) is 4.40. The lowest BCUT2D eigenvalue weighted by Crippen LogP contribution is -2.23. The average Bonchev–Trinajstić information content (AvgIpc) is 3.68. The summed E-state index contributed by atoms with van der Waals surface area (Å²) in [5.41, 5.74) is 3.85. The molecule has 0 saturated carbocycles. The molecule has 0 aliphatic carbocycles. The first kappa shape index (κ1) is 24.4. The van der Waals surface area contributed by atoms with Crippen LogP contribution in [0.25, 0.3) is 39.4 Å². The summed E-state index contributed by atoms with van der Waals surface area (Å²) in [6, 6.07) is 23.3. The second-order valence-electron chi connectivity index (χ2n) is 8.54. The molecular weight excluding hydrogens is 514 g/mol. The molecule has 0 aliphatic heterocycles. The van der Waals surface area contributed by atoms with E-state index in [2.05, 4.69) is 10.1 Å². The van der Waals surface area contributed by atoms with Gasteiger partial charge in [0.2, 0.25) is 10.7 Å². The van der Waals surface area contributed by atoms with Gasteiger partial charge >= 0.3 is 0 Å². The van der Waals surface area contributed by atoms with Crippen molar-refractivity contribution in [3.63, 3.8) is 0 Å². The summed E-state index contributed by atoms with van der Waals surface area (Å²) in [4.78, 5) is 18.5. The van der Waals surface area contributed by atoms with E-state index >= 15 is 0 Å². The van der Waals surface area contributed by atoms with Gasteiger partial charge in [-0.15, -0.1) is 5.10 Å². The van der Waals surface area contributed by atoms with Crippen molar-refractivity contribution in [3.8, 4) is 45.6 Å². The minimum absolute atomic E-state index is 0.257. The largest absolute Gasteiger partial charge is 0.493 e. The molecular formula is C29H23N5O4S. The molecule has 3 heterocycles. The second kappa shape index (κ2) is 10.1. The molecule has 0 spiro atoms. The summed E-state index contributed by atoms with van der Waals surface area (Å²) in [6.45, 7) is 0. The van der Waals surface area contributed by atoms with Crippen LogP contribution in [-0.2, 0) is 0 Å². The van der Waals surface area contributed by atoms with E-state index in [1.54, 1.807) is 33.5 Å². The molecule has 0 aliphatic rings.